The summed E-state index contributed by atoms with van der Waals surface area (Å²) in [5.74, 6) is -0.237. The molecule has 1 unspecified atom stereocenters. The van der Waals surface area contributed by atoms with E-state index in [0.29, 0.717) is 23.4 Å². The number of hydrogen-bond acceptors (Lipinski definition) is 5. The number of rotatable bonds is 4. The van der Waals surface area contributed by atoms with E-state index < -0.39 is 11.7 Å². The molecule has 3 aromatic rings. The Kier molecular flexibility index (Phi) is 6.58. The number of benzene rings is 1. The number of aryl methyl sites for hydroxylation is 1. The Bertz CT molecular complexity index is 1050. The van der Waals surface area contributed by atoms with E-state index in [1.807, 2.05) is 13.1 Å². The molecule has 4 rings (SSSR count). The molecule has 2 N–H and O–H groups in total. The van der Waals surface area contributed by atoms with Crippen molar-refractivity contribution in [1.29, 1.82) is 0 Å². The van der Waals surface area contributed by atoms with E-state index in [4.69, 9.17) is 0 Å². The first-order valence-electron chi connectivity index (χ1n) is 9.81. The molecule has 0 bridgehead atoms. The van der Waals surface area contributed by atoms with Gasteiger partial charge in [0.15, 0.2) is 5.65 Å². The minimum absolute atomic E-state index is 0. The summed E-state index contributed by atoms with van der Waals surface area (Å²) in [5.41, 5.74) is 2.32. The van der Waals surface area contributed by atoms with Crippen molar-refractivity contribution in [3.05, 3.63) is 53.9 Å². The monoisotopic (exact) mass is 432 g/mol. The number of fused-ring (bicyclic) bond motifs is 1. The molecular formula is C21H26ClFN6O. The van der Waals surface area contributed by atoms with Crippen LogP contribution in [0.2, 0.25) is 0 Å². The van der Waals surface area contributed by atoms with Gasteiger partial charge in [-0.15, -0.1) is 12.4 Å². The number of aromatic nitrogens is 3. The summed E-state index contributed by atoms with van der Waals surface area (Å²) in [6.45, 7) is 8.70. The Morgan fingerprint density at radius 1 is 1.33 bits per heavy atom. The molecule has 0 radical (unpaired) electrons. The van der Waals surface area contributed by atoms with Crippen LogP contribution in [0.4, 0.5) is 15.9 Å². The summed E-state index contributed by atoms with van der Waals surface area (Å²) < 4.78 is 16.5. The minimum atomic E-state index is -0.542. The number of nitrogens with one attached hydrogen (secondary N) is 2. The van der Waals surface area contributed by atoms with Gasteiger partial charge in [0.2, 0.25) is 0 Å². The van der Waals surface area contributed by atoms with Crippen LogP contribution < -0.4 is 15.5 Å². The SMILES string of the molecule is Cc1cn2cc(NC(=O)c3ccc(N4CCNC(C(C)C)C4)cc3F)ncc2n1.Cl. The number of piperazine rings is 1. The van der Waals surface area contributed by atoms with E-state index >= 15 is 0 Å². The largest absolute Gasteiger partial charge is 0.369 e. The third-order valence-corrected chi connectivity index (χ3v) is 5.28. The number of nitrogens with zero attached hydrogens (tertiary/aromatic N) is 4. The maximum Gasteiger partial charge on any atom is 0.259 e. The van der Waals surface area contributed by atoms with E-state index in [1.54, 1.807) is 22.9 Å². The minimum Gasteiger partial charge on any atom is -0.369 e. The van der Waals surface area contributed by atoms with E-state index in [9.17, 15) is 9.18 Å². The molecule has 1 aliphatic heterocycles. The Balaban J connectivity index is 0.00000256. The van der Waals surface area contributed by atoms with Gasteiger partial charge in [-0.2, -0.15) is 0 Å². The highest BCUT2D eigenvalue weighted by Crippen LogP contribution is 2.22. The van der Waals surface area contributed by atoms with Gasteiger partial charge in [-0.25, -0.2) is 14.4 Å². The van der Waals surface area contributed by atoms with Crippen LogP contribution in [0.5, 0.6) is 0 Å². The van der Waals surface area contributed by atoms with Gasteiger partial charge in [-0.3, -0.25) is 4.79 Å². The van der Waals surface area contributed by atoms with Crippen molar-refractivity contribution in [2.24, 2.45) is 5.92 Å². The number of carbonyl (C=O) groups excluding carboxylic acids is 1. The number of carbonyl (C=O) groups is 1. The second-order valence-electron chi connectivity index (χ2n) is 7.79. The third-order valence-electron chi connectivity index (χ3n) is 5.28. The Hall–Kier alpha value is -2.71. The molecule has 3 heterocycles. The van der Waals surface area contributed by atoms with Gasteiger partial charge in [0, 0.05) is 37.6 Å². The van der Waals surface area contributed by atoms with Crippen LogP contribution in [0.15, 0.2) is 36.8 Å². The molecule has 0 aliphatic carbocycles. The molecule has 0 saturated carbocycles. The summed E-state index contributed by atoms with van der Waals surface area (Å²) in [4.78, 5) is 23.2. The average Bonchev–Trinajstić information content (AvgIpc) is 3.07. The van der Waals surface area contributed by atoms with E-state index in [0.717, 1.165) is 31.0 Å². The van der Waals surface area contributed by atoms with Crippen molar-refractivity contribution in [3.8, 4) is 0 Å². The van der Waals surface area contributed by atoms with Crippen molar-refractivity contribution in [1.82, 2.24) is 19.7 Å². The number of anilines is 2. The van der Waals surface area contributed by atoms with Crippen LogP contribution in [0.1, 0.15) is 29.9 Å². The second-order valence-corrected chi connectivity index (χ2v) is 7.79. The fraction of sp³-hybridized carbons (Fsp3) is 0.381. The van der Waals surface area contributed by atoms with Gasteiger partial charge in [0.25, 0.3) is 5.91 Å². The smallest absolute Gasteiger partial charge is 0.259 e. The lowest BCUT2D eigenvalue weighted by molar-refractivity contribution is 0.102. The molecule has 1 saturated heterocycles. The quantitative estimate of drug-likeness (QED) is 0.661. The fourth-order valence-corrected chi connectivity index (χ4v) is 3.62. The maximum absolute atomic E-state index is 14.7. The summed E-state index contributed by atoms with van der Waals surface area (Å²) in [7, 11) is 0. The first kappa shape index (κ1) is 22.0. The summed E-state index contributed by atoms with van der Waals surface area (Å²) in [6.07, 6.45) is 5.06. The molecule has 160 valence electrons. The molecule has 1 aliphatic rings. The van der Waals surface area contributed by atoms with Crippen molar-refractivity contribution >= 4 is 35.5 Å². The van der Waals surface area contributed by atoms with Crippen LogP contribution in [-0.2, 0) is 0 Å². The van der Waals surface area contributed by atoms with Crippen molar-refractivity contribution in [2.75, 3.05) is 29.9 Å². The molecule has 1 amide bonds. The predicted molar refractivity (Wildman–Crippen MR) is 118 cm³/mol. The molecular weight excluding hydrogens is 407 g/mol. The zero-order valence-corrected chi connectivity index (χ0v) is 18.0. The van der Waals surface area contributed by atoms with Gasteiger partial charge in [-0.05, 0) is 31.0 Å². The summed E-state index contributed by atoms with van der Waals surface area (Å²) in [5, 5.41) is 6.15. The predicted octanol–water partition coefficient (Wildman–Crippen LogP) is 3.29. The fourth-order valence-electron chi connectivity index (χ4n) is 3.62. The zero-order chi connectivity index (χ0) is 20.5. The Morgan fingerprint density at radius 3 is 2.87 bits per heavy atom. The highest BCUT2D eigenvalue weighted by molar-refractivity contribution is 6.04. The third kappa shape index (κ3) is 4.55. The van der Waals surface area contributed by atoms with E-state index in [2.05, 4.69) is 39.3 Å². The first-order valence-corrected chi connectivity index (χ1v) is 9.81. The standard InChI is InChI=1S/C21H25FN6O.ClH/c1-13(2)18-11-27(7-6-23-18)15-4-5-16(17(22)8-15)21(29)26-19-12-28-10-14(3)25-20(28)9-24-19;/h4-5,8-10,12-13,18,23H,6-7,11H2,1-3H3,(H,26,29);1H. The molecule has 7 nitrogen and oxygen atoms in total. The Labute approximate surface area is 181 Å². The number of hydrogen-bond donors (Lipinski definition) is 2. The lowest BCUT2D eigenvalue weighted by Crippen LogP contribution is -2.53. The highest BCUT2D eigenvalue weighted by Gasteiger charge is 2.23. The molecule has 9 heteroatoms. The number of halogens is 2. The van der Waals surface area contributed by atoms with Crippen molar-refractivity contribution in [3.63, 3.8) is 0 Å². The Morgan fingerprint density at radius 2 is 2.13 bits per heavy atom. The van der Waals surface area contributed by atoms with Gasteiger partial charge in [0.1, 0.15) is 11.6 Å². The van der Waals surface area contributed by atoms with Gasteiger partial charge < -0.3 is 19.9 Å². The van der Waals surface area contributed by atoms with Crippen LogP contribution >= 0.6 is 12.4 Å². The molecule has 1 atom stereocenters. The van der Waals surface area contributed by atoms with Crippen LogP contribution in [0.25, 0.3) is 5.65 Å². The zero-order valence-electron chi connectivity index (χ0n) is 17.2. The average molecular weight is 433 g/mol. The second kappa shape index (κ2) is 8.97. The molecule has 30 heavy (non-hydrogen) atoms. The molecule has 2 aromatic heterocycles. The van der Waals surface area contributed by atoms with E-state index in [1.165, 1.54) is 12.1 Å². The molecule has 1 fully saturated rings. The number of amides is 1. The summed E-state index contributed by atoms with van der Waals surface area (Å²) in [6, 6.07) is 5.14. The van der Waals surface area contributed by atoms with Crippen molar-refractivity contribution in [2.45, 2.75) is 26.8 Å². The van der Waals surface area contributed by atoms with Crippen LogP contribution in [-0.4, -0.2) is 46.0 Å². The van der Waals surface area contributed by atoms with Crippen LogP contribution in [0, 0.1) is 18.7 Å². The lowest BCUT2D eigenvalue weighted by atomic mass is 10.0. The maximum atomic E-state index is 14.7. The molecule has 0 spiro atoms. The van der Waals surface area contributed by atoms with E-state index in [-0.39, 0.29) is 18.0 Å². The number of imidazole rings is 1. The highest BCUT2D eigenvalue weighted by atomic mass is 35.5. The van der Waals surface area contributed by atoms with Crippen molar-refractivity contribution < 1.29 is 9.18 Å². The topological polar surface area (TPSA) is 74.6 Å². The normalized spacial score (nSPS) is 16.6. The van der Waals surface area contributed by atoms with Gasteiger partial charge in [-0.1, -0.05) is 13.8 Å². The first-order chi connectivity index (χ1) is 13.9. The van der Waals surface area contributed by atoms with Crippen LogP contribution in [0.3, 0.4) is 0 Å². The molecule has 1 aromatic carbocycles. The van der Waals surface area contributed by atoms with Gasteiger partial charge in [0.05, 0.1) is 23.7 Å². The van der Waals surface area contributed by atoms with Gasteiger partial charge >= 0.3 is 0 Å². The summed E-state index contributed by atoms with van der Waals surface area (Å²) >= 11 is 0. The lowest BCUT2D eigenvalue weighted by Gasteiger charge is -2.37.